The summed E-state index contributed by atoms with van der Waals surface area (Å²) in [4.78, 5) is 11.1. The molecule has 24 heavy (non-hydrogen) atoms. The van der Waals surface area contributed by atoms with Crippen LogP contribution in [0.5, 0.6) is 5.75 Å². The molecule has 1 aliphatic rings. The van der Waals surface area contributed by atoms with Crippen molar-refractivity contribution in [2.45, 2.75) is 24.3 Å². The van der Waals surface area contributed by atoms with Crippen LogP contribution in [-0.2, 0) is 24.7 Å². The average molecular weight is 376 g/mol. The Morgan fingerprint density at radius 1 is 1.38 bits per heavy atom. The Bertz CT molecular complexity index is 848. The van der Waals surface area contributed by atoms with Crippen molar-refractivity contribution in [3.63, 3.8) is 0 Å². The monoisotopic (exact) mass is 376 g/mol. The van der Waals surface area contributed by atoms with Gasteiger partial charge in [0.1, 0.15) is 10.6 Å². The van der Waals surface area contributed by atoms with Gasteiger partial charge in [-0.25, -0.2) is 16.8 Å². The van der Waals surface area contributed by atoms with E-state index in [1.807, 2.05) is 0 Å². The lowest BCUT2D eigenvalue weighted by atomic mass is 10.3. The molecular formula is C14H20N2O6S2. The van der Waals surface area contributed by atoms with E-state index in [1.54, 1.807) is 0 Å². The van der Waals surface area contributed by atoms with E-state index < -0.39 is 25.9 Å². The number of methoxy groups -OCH3 is 1. The third kappa shape index (κ3) is 3.87. The standard InChI is InChI=1S/C14H20N2O6S2/c1-10(17)15-11-4-5-13(22-3)14(8-11)24(20,21)16(2)12-6-7-23(18,19)9-12/h4-5,8,12H,6-7,9H2,1-3H3,(H,15,17)/t12-/m1/s1. The second kappa shape index (κ2) is 6.69. The molecule has 1 aliphatic heterocycles. The highest BCUT2D eigenvalue weighted by Gasteiger charge is 2.37. The highest BCUT2D eigenvalue weighted by atomic mass is 32.2. The summed E-state index contributed by atoms with van der Waals surface area (Å²) in [6.07, 6.45) is 0.256. The first kappa shape index (κ1) is 18.7. The molecular weight excluding hydrogens is 356 g/mol. The van der Waals surface area contributed by atoms with Gasteiger partial charge in [0.15, 0.2) is 9.84 Å². The highest BCUT2D eigenvalue weighted by Crippen LogP contribution is 2.31. The second-order valence-electron chi connectivity index (χ2n) is 5.62. The first-order valence-corrected chi connectivity index (χ1v) is 10.5. The van der Waals surface area contributed by atoms with Gasteiger partial charge in [0.05, 0.1) is 18.6 Å². The van der Waals surface area contributed by atoms with Crippen LogP contribution in [0, 0.1) is 0 Å². The summed E-state index contributed by atoms with van der Waals surface area (Å²) in [6.45, 7) is 1.31. The number of sulfonamides is 1. The number of benzene rings is 1. The zero-order valence-corrected chi connectivity index (χ0v) is 15.3. The number of ether oxygens (including phenoxy) is 1. The Morgan fingerprint density at radius 2 is 2.04 bits per heavy atom. The number of anilines is 1. The van der Waals surface area contributed by atoms with Crippen LogP contribution in [0.4, 0.5) is 5.69 Å². The van der Waals surface area contributed by atoms with Gasteiger partial charge in [-0.15, -0.1) is 0 Å². The van der Waals surface area contributed by atoms with Crippen LogP contribution in [-0.4, -0.2) is 58.8 Å². The van der Waals surface area contributed by atoms with E-state index in [0.717, 1.165) is 4.31 Å². The number of hydrogen-bond donors (Lipinski definition) is 1. The van der Waals surface area contributed by atoms with Gasteiger partial charge in [-0.2, -0.15) is 4.31 Å². The Kier molecular flexibility index (Phi) is 5.21. The van der Waals surface area contributed by atoms with Gasteiger partial charge in [-0.3, -0.25) is 4.79 Å². The minimum atomic E-state index is -3.98. The van der Waals surface area contributed by atoms with E-state index in [9.17, 15) is 21.6 Å². The third-order valence-electron chi connectivity index (χ3n) is 3.86. The first-order chi connectivity index (χ1) is 11.1. The number of hydrogen-bond acceptors (Lipinski definition) is 6. The summed E-state index contributed by atoms with van der Waals surface area (Å²) in [5.74, 6) is -0.438. The smallest absolute Gasteiger partial charge is 0.246 e. The molecule has 1 aromatic rings. The average Bonchev–Trinajstić information content (AvgIpc) is 2.85. The quantitative estimate of drug-likeness (QED) is 0.799. The van der Waals surface area contributed by atoms with Crippen molar-refractivity contribution in [3.05, 3.63) is 18.2 Å². The molecule has 0 aromatic heterocycles. The van der Waals surface area contributed by atoms with E-state index in [-0.39, 0.29) is 34.5 Å². The van der Waals surface area contributed by atoms with Crippen molar-refractivity contribution >= 4 is 31.5 Å². The maximum Gasteiger partial charge on any atom is 0.246 e. The fourth-order valence-electron chi connectivity index (χ4n) is 2.57. The molecule has 0 saturated carbocycles. The summed E-state index contributed by atoms with van der Waals surface area (Å²) in [5, 5.41) is 2.52. The molecule has 8 nitrogen and oxygen atoms in total. The topological polar surface area (TPSA) is 110 Å². The van der Waals surface area contributed by atoms with Crippen LogP contribution < -0.4 is 10.1 Å². The normalized spacial score (nSPS) is 20.1. The summed E-state index contributed by atoms with van der Waals surface area (Å²) in [7, 11) is -4.51. The zero-order chi connectivity index (χ0) is 18.1. The molecule has 0 unspecified atom stereocenters. The molecule has 1 atom stereocenters. The largest absolute Gasteiger partial charge is 0.495 e. The number of nitrogens with zero attached hydrogens (tertiary/aromatic N) is 1. The Morgan fingerprint density at radius 3 is 2.54 bits per heavy atom. The lowest BCUT2D eigenvalue weighted by molar-refractivity contribution is -0.114. The molecule has 10 heteroatoms. The maximum absolute atomic E-state index is 12.9. The van der Waals surface area contributed by atoms with Gasteiger partial charge in [-0.05, 0) is 24.6 Å². The van der Waals surface area contributed by atoms with Crippen molar-refractivity contribution in [2.75, 3.05) is 31.0 Å². The van der Waals surface area contributed by atoms with Gasteiger partial charge < -0.3 is 10.1 Å². The second-order valence-corrected chi connectivity index (χ2v) is 9.82. The highest BCUT2D eigenvalue weighted by molar-refractivity contribution is 7.92. The van der Waals surface area contributed by atoms with Gasteiger partial charge >= 0.3 is 0 Å². The van der Waals surface area contributed by atoms with E-state index in [4.69, 9.17) is 4.74 Å². The third-order valence-corrected chi connectivity index (χ3v) is 7.55. The minimum absolute atomic E-state index is 0.0272. The molecule has 134 valence electrons. The van der Waals surface area contributed by atoms with E-state index in [2.05, 4.69) is 5.32 Å². The fourth-order valence-corrected chi connectivity index (χ4v) is 6.01. The Balaban J connectivity index is 2.42. The van der Waals surface area contributed by atoms with Crippen molar-refractivity contribution in [2.24, 2.45) is 0 Å². The molecule has 1 amide bonds. The molecule has 0 radical (unpaired) electrons. The molecule has 1 saturated heterocycles. The lowest BCUT2D eigenvalue weighted by Gasteiger charge is -2.24. The molecule has 0 aliphatic carbocycles. The summed E-state index contributed by atoms with van der Waals surface area (Å²) in [6, 6.07) is 3.65. The SMILES string of the molecule is COc1ccc(NC(C)=O)cc1S(=O)(=O)N(C)[C@@H]1CCS(=O)(=O)C1. The van der Waals surface area contributed by atoms with Crippen molar-refractivity contribution in [3.8, 4) is 5.75 Å². The fraction of sp³-hybridized carbons (Fsp3) is 0.500. The van der Waals surface area contributed by atoms with Crippen LogP contribution in [0.3, 0.4) is 0 Å². The first-order valence-electron chi connectivity index (χ1n) is 7.21. The van der Waals surface area contributed by atoms with E-state index in [0.29, 0.717) is 5.69 Å². The van der Waals surface area contributed by atoms with Gasteiger partial charge in [0.25, 0.3) is 0 Å². The molecule has 1 aromatic carbocycles. The summed E-state index contributed by atoms with van der Waals surface area (Å²) >= 11 is 0. The molecule has 1 fully saturated rings. The van der Waals surface area contributed by atoms with Crippen LogP contribution in [0.15, 0.2) is 23.1 Å². The Hall–Kier alpha value is -1.65. The zero-order valence-electron chi connectivity index (χ0n) is 13.6. The van der Waals surface area contributed by atoms with E-state index in [1.165, 1.54) is 39.3 Å². The summed E-state index contributed by atoms with van der Waals surface area (Å²) < 4.78 is 55.2. The molecule has 1 heterocycles. The number of amides is 1. The summed E-state index contributed by atoms with van der Waals surface area (Å²) in [5.41, 5.74) is 0.314. The van der Waals surface area contributed by atoms with Gasteiger partial charge in [0.2, 0.25) is 15.9 Å². The lowest BCUT2D eigenvalue weighted by Crippen LogP contribution is -2.38. The predicted molar refractivity (Wildman–Crippen MR) is 89.3 cm³/mol. The molecule has 2 rings (SSSR count). The molecule has 0 bridgehead atoms. The number of carbonyl (C=O) groups excluding carboxylic acids is 1. The van der Waals surface area contributed by atoms with E-state index >= 15 is 0 Å². The predicted octanol–water partition coefficient (Wildman–Crippen LogP) is 0.461. The number of nitrogens with one attached hydrogen (secondary N) is 1. The number of carbonyl (C=O) groups is 1. The van der Waals surface area contributed by atoms with Crippen LogP contribution in [0.2, 0.25) is 0 Å². The van der Waals surface area contributed by atoms with Crippen LogP contribution in [0.1, 0.15) is 13.3 Å². The van der Waals surface area contributed by atoms with Crippen LogP contribution >= 0.6 is 0 Å². The van der Waals surface area contributed by atoms with Gasteiger partial charge in [-0.1, -0.05) is 0 Å². The molecule has 0 spiro atoms. The van der Waals surface area contributed by atoms with Crippen LogP contribution in [0.25, 0.3) is 0 Å². The van der Waals surface area contributed by atoms with Crippen molar-refractivity contribution in [1.82, 2.24) is 4.31 Å². The molecule has 1 N–H and O–H groups in total. The number of rotatable bonds is 5. The number of sulfone groups is 1. The minimum Gasteiger partial charge on any atom is -0.495 e. The van der Waals surface area contributed by atoms with Gasteiger partial charge in [0, 0.05) is 25.7 Å². The Labute approximate surface area is 141 Å². The van der Waals surface area contributed by atoms with Crippen molar-refractivity contribution < 1.29 is 26.4 Å². The van der Waals surface area contributed by atoms with Crippen molar-refractivity contribution in [1.29, 1.82) is 0 Å². The maximum atomic E-state index is 12.9.